The zero-order valence-electron chi connectivity index (χ0n) is 10.6. The van der Waals surface area contributed by atoms with Crippen LogP contribution in [0.15, 0.2) is 24.3 Å². The van der Waals surface area contributed by atoms with E-state index in [2.05, 4.69) is 31.2 Å². The second-order valence-corrected chi connectivity index (χ2v) is 3.81. The van der Waals surface area contributed by atoms with Crippen molar-refractivity contribution < 1.29 is 9.53 Å². The first kappa shape index (κ1) is 14.9. The van der Waals surface area contributed by atoms with Crippen LogP contribution in [0, 0.1) is 0 Å². The number of hydrogen-bond acceptors (Lipinski definition) is 2. The molecule has 0 rings (SSSR count). The van der Waals surface area contributed by atoms with Crippen LogP contribution in [0.5, 0.6) is 0 Å². The van der Waals surface area contributed by atoms with E-state index < -0.39 is 0 Å². The molecule has 0 aromatic rings. The third-order valence-electron chi connectivity index (χ3n) is 2.19. The smallest absolute Gasteiger partial charge is 0.302 e. The van der Waals surface area contributed by atoms with Crippen molar-refractivity contribution in [3.05, 3.63) is 24.3 Å². The largest absolute Gasteiger partial charge is 0.466 e. The third-order valence-corrected chi connectivity index (χ3v) is 2.19. The molecule has 92 valence electrons. The summed E-state index contributed by atoms with van der Waals surface area (Å²) >= 11 is 0. The van der Waals surface area contributed by atoms with Gasteiger partial charge >= 0.3 is 5.97 Å². The SMILES string of the molecule is CC/C=C\C=CCCCCCCOC(C)=O. The van der Waals surface area contributed by atoms with E-state index in [1.165, 1.54) is 19.8 Å². The van der Waals surface area contributed by atoms with Crippen LogP contribution in [-0.4, -0.2) is 12.6 Å². The minimum Gasteiger partial charge on any atom is -0.466 e. The topological polar surface area (TPSA) is 26.3 Å². The van der Waals surface area contributed by atoms with Gasteiger partial charge in [0.2, 0.25) is 0 Å². The van der Waals surface area contributed by atoms with Crippen molar-refractivity contribution in [3.8, 4) is 0 Å². The Hall–Kier alpha value is -1.05. The number of hydrogen-bond donors (Lipinski definition) is 0. The molecule has 0 unspecified atom stereocenters. The highest BCUT2D eigenvalue weighted by molar-refractivity contribution is 5.65. The summed E-state index contributed by atoms with van der Waals surface area (Å²) in [7, 11) is 0. The summed E-state index contributed by atoms with van der Waals surface area (Å²) in [5.41, 5.74) is 0. The lowest BCUT2D eigenvalue weighted by Crippen LogP contribution is -1.99. The Morgan fingerprint density at radius 3 is 2.44 bits per heavy atom. The van der Waals surface area contributed by atoms with E-state index in [1.807, 2.05) is 0 Å². The second kappa shape index (κ2) is 12.0. The summed E-state index contributed by atoms with van der Waals surface area (Å²) in [5, 5.41) is 0. The number of esters is 1. The lowest BCUT2D eigenvalue weighted by Gasteiger charge is -2.00. The number of ether oxygens (including phenoxy) is 1. The average Bonchev–Trinajstić information content (AvgIpc) is 2.25. The molecule has 0 aliphatic carbocycles. The van der Waals surface area contributed by atoms with Gasteiger partial charge < -0.3 is 4.74 Å². The van der Waals surface area contributed by atoms with Crippen LogP contribution in [0.25, 0.3) is 0 Å². The summed E-state index contributed by atoms with van der Waals surface area (Å²) < 4.78 is 4.85. The Morgan fingerprint density at radius 2 is 1.75 bits per heavy atom. The van der Waals surface area contributed by atoms with Gasteiger partial charge in [-0.15, -0.1) is 0 Å². The van der Waals surface area contributed by atoms with Crippen LogP contribution in [-0.2, 0) is 9.53 Å². The molecule has 0 amide bonds. The first-order chi connectivity index (χ1) is 7.77. The zero-order valence-corrected chi connectivity index (χ0v) is 10.6. The summed E-state index contributed by atoms with van der Waals surface area (Å²) in [6.07, 6.45) is 15.4. The number of rotatable bonds is 9. The molecule has 16 heavy (non-hydrogen) atoms. The lowest BCUT2D eigenvalue weighted by molar-refractivity contribution is -0.141. The normalized spacial score (nSPS) is 11.4. The third kappa shape index (κ3) is 12.9. The van der Waals surface area contributed by atoms with Gasteiger partial charge in [-0.3, -0.25) is 4.79 Å². The van der Waals surface area contributed by atoms with Gasteiger partial charge in [-0.05, 0) is 25.7 Å². The van der Waals surface area contributed by atoms with Gasteiger partial charge in [-0.25, -0.2) is 0 Å². The minimum absolute atomic E-state index is 0.175. The Kier molecular flexibility index (Phi) is 11.2. The van der Waals surface area contributed by atoms with Crippen LogP contribution in [0.2, 0.25) is 0 Å². The highest BCUT2D eigenvalue weighted by Gasteiger charge is 1.92. The van der Waals surface area contributed by atoms with E-state index >= 15 is 0 Å². The Bertz CT molecular complexity index is 217. The van der Waals surface area contributed by atoms with E-state index in [0.717, 1.165) is 25.7 Å². The van der Waals surface area contributed by atoms with E-state index in [0.29, 0.717) is 6.61 Å². The molecule has 0 aliphatic heterocycles. The number of unbranched alkanes of at least 4 members (excludes halogenated alkanes) is 4. The Balaban J connectivity index is 3.12. The fraction of sp³-hybridized carbons (Fsp3) is 0.643. The van der Waals surface area contributed by atoms with Gasteiger partial charge in [-0.1, -0.05) is 44.1 Å². The van der Waals surface area contributed by atoms with Gasteiger partial charge in [0, 0.05) is 6.92 Å². The molecule has 0 atom stereocenters. The Morgan fingerprint density at radius 1 is 1.06 bits per heavy atom. The molecule has 0 aromatic carbocycles. The molecule has 0 saturated carbocycles. The molecule has 0 aromatic heterocycles. The molecule has 0 radical (unpaired) electrons. The maximum atomic E-state index is 10.5. The van der Waals surface area contributed by atoms with Gasteiger partial charge in [0.25, 0.3) is 0 Å². The zero-order chi connectivity index (χ0) is 12.1. The van der Waals surface area contributed by atoms with E-state index in [1.54, 1.807) is 0 Å². The van der Waals surface area contributed by atoms with E-state index in [4.69, 9.17) is 4.74 Å². The molecule has 0 aliphatic rings. The van der Waals surface area contributed by atoms with E-state index in [-0.39, 0.29) is 5.97 Å². The van der Waals surface area contributed by atoms with Crippen molar-refractivity contribution in [1.82, 2.24) is 0 Å². The lowest BCUT2D eigenvalue weighted by atomic mass is 10.1. The highest BCUT2D eigenvalue weighted by Crippen LogP contribution is 2.04. The van der Waals surface area contributed by atoms with Crippen molar-refractivity contribution in [2.75, 3.05) is 6.61 Å². The summed E-state index contributed by atoms with van der Waals surface area (Å²) in [6.45, 7) is 4.16. The van der Waals surface area contributed by atoms with Gasteiger partial charge in [0.1, 0.15) is 0 Å². The summed E-state index contributed by atoms with van der Waals surface area (Å²) in [5.74, 6) is -0.175. The molecule has 2 nitrogen and oxygen atoms in total. The first-order valence-electron chi connectivity index (χ1n) is 6.22. The molecular weight excluding hydrogens is 200 g/mol. The molecule has 0 heterocycles. The van der Waals surface area contributed by atoms with Crippen LogP contribution in [0.4, 0.5) is 0 Å². The van der Waals surface area contributed by atoms with Crippen molar-refractivity contribution >= 4 is 5.97 Å². The molecule has 2 heteroatoms. The fourth-order valence-corrected chi connectivity index (χ4v) is 1.32. The number of carbonyl (C=O) groups excluding carboxylic acids is 1. The monoisotopic (exact) mass is 224 g/mol. The van der Waals surface area contributed by atoms with Gasteiger partial charge in [0.05, 0.1) is 6.61 Å². The fourth-order valence-electron chi connectivity index (χ4n) is 1.32. The maximum Gasteiger partial charge on any atom is 0.302 e. The molecule has 0 bridgehead atoms. The number of allylic oxidation sites excluding steroid dienone is 4. The summed E-state index contributed by atoms with van der Waals surface area (Å²) in [4.78, 5) is 10.5. The summed E-state index contributed by atoms with van der Waals surface area (Å²) in [6, 6.07) is 0. The van der Waals surface area contributed by atoms with Crippen LogP contribution < -0.4 is 0 Å². The van der Waals surface area contributed by atoms with Crippen LogP contribution >= 0.6 is 0 Å². The minimum atomic E-state index is -0.175. The van der Waals surface area contributed by atoms with Crippen molar-refractivity contribution in [1.29, 1.82) is 0 Å². The van der Waals surface area contributed by atoms with Crippen molar-refractivity contribution in [2.45, 2.75) is 52.4 Å². The predicted octanol–water partition coefficient (Wildman–Crippen LogP) is 4.02. The van der Waals surface area contributed by atoms with Gasteiger partial charge in [0.15, 0.2) is 0 Å². The predicted molar refractivity (Wildman–Crippen MR) is 68.3 cm³/mol. The molecular formula is C14H24O2. The average molecular weight is 224 g/mol. The second-order valence-electron chi connectivity index (χ2n) is 3.81. The van der Waals surface area contributed by atoms with E-state index in [9.17, 15) is 4.79 Å². The maximum absolute atomic E-state index is 10.5. The first-order valence-corrected chi connectivity index (χ1v) is 6.22. The molecule has 0 fully saturated rings. The van der Waals surface area contributed by atoms with Crippen molar-refractivity contribution in [2.24, 2.45) is 0 Å². The highest BCUT2D eigenvalue weighted by atomic mass is 16.5. The van der Waals surface area contributed by atoms with Crippen molar-refractivity contribution in [3.63, 3.8) is 0 Å². The standard InChI is InChI=1S/C14H24O2/c1-3-4-5-6-7-8-9-10-11-12-13-16-14(2)15/h4-7H,3,8-13H2,1-2H3/b5-4-,7-6?. The molecule has 0 saturated heterocycles. The number of carbonyl (C=O) groups is 1. The molecule has 0 spiro atoms. The van der Waals surface area contributed by atoms with Crippen LogP contribution in [0.1, 0.15) is 52.4 Å². The van der Waals surface area contributed by atoms with Crippen LogP contribution in [0.3, 0.4) is 0 Å². The Labute approximate surface area is 99.4 Å². The molecule has 0 N–H and O–H groups in total. The quantitative estimate of drug-likeness (QED) is 0.336. The van der Waals surface area contributed by atoms with Gasteiger partial charge in [-0.2, -0.15) is 0 Å².